The van der Waals surface area contributed by atoms with Crippen LogP contribution in [0.15, 0.2) is 18.3 Å². The number of amides is 1. The molecule has 1 aromatic rings. The normalized spacial score (nSPS) is 17.9. The van der Waals surface area contributed by atoms with Gasteiger partial charge in [-0.25, -0.2) is 4.98 Å². The summed E-state index contributed by atoms with van der Waals surface area (Å²) in [7, 11) is 7.99. The van der Waals surface area contributed by atoms with Gasteiger partial charge in [-0.3, -0.25) is 9.69 Å². The van der Waals surface area contributed by atoms with E-state index in [0.717, 1.165) is 38.5 Å². The van der Waals surface area contributed by atoms with Crippen LogP contribution in [0.4, 0.5) is 5.82 Å². The fourth-order valence-corrected chi connectivity index (χ4v) is 3.33. The molecular formula is C19H33N5O. The number of aromatic nitrogens is 1. The molecule has 6 nitrogen and oxygen atoms in total. The summed E-state index contributed by atoms with van der Waals surface area (Å²) in [6, 6.07) is 4.27. The molecule has 0 saturated carbocycles. The predicted molar refractivity (Wildman–Crippen MR) is 103 cm³/mol. The third-order valence-corrected chi connectivity index (χ3v) is 4.89. The van der Waals surface area contributed by atoms with Gasteiger partial charge in [0, 0.05) is 46.0 Å². The summed E-state index contributed by atoms with van der Waals surface area (Å²) >= 11 is 0. The molecule has 0 aliphatic carbocycles. The zero-order chi connectivity index (χ0) is 18.4. The Bertz CT molecular complexity index is 543. The first kappa shape index (κ1) is 19.7. The molecule has 0 N–H and O–H groups in total. The molecule has 6 heteroatoms. The van der Waals surface area contributed by atoms with Gasteiger partial charge in [0.15, 0.2) is 0 Å². The Kier molecular flexibility index (Phi) is 7.20. The second-order valence-electron chi connectivity index (χ2n) is 7.28. The van der Waals surface area contributed by atoms with Gasteiger partial charge in [0.2, 0.25) is 0 Å². The van der Waals surface area contributed by atoms with Crippen molar-refractivity contribution in [3.63, 3.8) is 0 Å². The molecule has 0 radical (unpaired) electrons. The molecule has 2 heterocycles. The summed E-state index contributed by atoms with van der Waals surface area (Å²) in [5, 5.41) is 0. The summed E-state index contributed by atoms with van der Waals surface area (Å²) < 4.78 is 0. The lowest BCUT2D eigenvalue weighted by Crippen LogP contribution is -2.45. The van der Waals surface area contributed by atoms with Crippen molar-refractivity contribution < 1.29 is 4.79 Å². The van der Waals surface area contributed by atoms with Crippen LogP contribution in [0.1, 0.15) is 30.1 Å². The lowest BCUT2D eigenvalue weighted by molar-refractivity contribution is 0.0694. The molecule has 1 aliphatic rings. The molecule has 0 bridgehead atoms. The number of nitrogens with zero attached hydrogens (tertiary/aromatic N) is 5. The van der Waals surface area contributed by atoms with Gasteiger partial charge in [0.25, 0.3) is 5.91 Å². The zero-order valence-electron chi connectivity index (χ0n) is 16.4. The highest BCUT2D eigenvalue weighted by Crippen LogP contribution is 2.19. The lowest BCUT2D eigenvalue weighted by atomic mass is 10.1. The largest absolute Gasteiger partial charge is 0.363 e. The van der Waals surface area contributed by atoms with Crippen LogP contribution in [0.5, 0.6) is 0 Å². The third kappa shape index (κ3) is 5.41. The molecule has 1 fully saturated rings. The first-order valence-corrected chi connectivity index (χ1v) is 9.23. The first-order chi connectivity index (χ1) is 11.9. The van der Waals surface area contributed by atoms with E-state index in [1.54, 1.807) is 6.20 Å². The second kappa shape index (κ2) is 9.15. The minimum Gasteiger partial charge on any atom is -0.363 e. The van der Waals surface area contributed by atoms with E-state index in [4.69, 9.17) is 0 Å². The minimum atomic E-state index is 0.0857. The Morgan fingerprint density at radius 2 is 2.00 bits per heavy atom. The van der Waals surface area contributed by atoms with Crippen molar-refractivity contribution in [1.82, 2.24) is 19.7 Å². The summed E-state index contributed by atoms with van der Waals surface area (Å²) in [5.41, 5.74) is 0.672. The van der Waals surface area contributed by atoms with E-state index in [1.807, 2.05) is 50.1 Å². The van der Waals surface area contributed by atoms with Gasteiger partial charge in [-0.15, -0.1) is 0 Å². The lowest BCUT2D eigenvalue weighted by Gasteiger charge is -2.31. The number of hydrogen-bond acceptors (Lipinski definition) is 5. The van der Waals surface area contributed by atoms with Gasteiger partial charge in [0.1, 0.15) is 5.82 Å². The molecule has 2 rings (SSSR count). The molecule has 140 valence electrons. The van der Waals surface area contributed by atoms with Crippen LogP contribution in [-0.4, -0.2) is 92.5 Å². The minimum absolute atomic E-state index is 0.0857. The average Bonchev–Trinajstić information content (AvgIpc) is 3.05. The fourth-order valence-electron chi connectivity index (χ4n) is 3.33. The van der Waals surface area contributed by atoms with Crippen LogP contribution >= 0.6 is 0 Å². The number of carbonyl (C=O) groups is 1. The SMILES string of the molecule is CCN1CCCC1CN(CCN(C)C)C(=O)c1ccc(N(C)C)nc1. The summed E-state index contributed by atoms with van der Waals surface area (Å²) in [6.07, 6.45) is 4.11. The van der Waals surface area contributed by atoms with Gasteiger partial charge < -0.3 is 14.7 Å². The van der Waals surface area contributed by atoms with E-state index < -0.39 is 0 Å². The Balaban J connectivity index is 2.11. The van der Waals surface area contributed by atoms with Gasteiger partial charge in [0.05, 0.1) is 5.56 Å². The Labute approximate surface area is 152 Å². The zero-order valence-corrected chi connectivity index (χ0v) is 16.4. The van der Waals surface area contributed by atoms with Crippen LogP contribution in [0.3, 0.4) is 0 Å². The van der Waals surface area contributed by atoms with Crippen molar-refractivity contribution >= 4 is 11.7 Å². The predicted octanol–water partition coefficient (Wildman–Crippen LogP) is 1.64. The molecule has 1 atom stereocenters. The molecule has 1 saturated heterocycles. The Morgan fingerprint density at radius 1 is 1.24 bits per heavy atom. The molecule has 25 heavy (non-hydrogen) atoms. The summed E-state index contributed by atoms with van der Waals surface area (Å²) in [5.74, 6) is 0.951. The van der Waals surface area contributed by atoms with Crippen molar-refractivity contribution in [3.05, 3.63) is 23.9 Å². The van der Waals surface area contributed by atoms with Gasteiger partial charge in [-0.2, -0.15) is 0 Å². The fraction of sp³-hybridized carbons (Fsp3) is 0.684. The highest BCUT2D eigenvalue weighted by atomic mass is 16.2. The molecule has 0 spiro atoms. The summed E-state index contributed by atoms with van der Waals surface area (Å²) in [4.78, 5) is 26.0. The number of pyridine rings is 1. The van der Waals surface area contributed by atoms with E-state index in [0.29, 0.717) is 11.6 Å². The first-order valence-electron chi connectivity index (χ1n) is 9.23. The number of hydrogen-bond donors (Lipinski definition) is 0. The van der Waals surface area contributed by atoms with Gasteiger partial charge in [-0.05, 0) is 52.2 Å². The number of rotatable bonds is 8. The molecule has 1 unspecified atom stereocenters. The van der Waals surface area contributed by atoms with Crippen LogP contribution in [0.2, 0.25) is 0 Å². The van der Waals surface area contributed by atoms with E-state index >= 15 is 0 Å². The van der Waals surface area contributed by atoms with E-state index in [-0.39, 0.29) is 5.91 Å². The Hall–Kier alpha value is -1.66. The van der Waals surface area contributed by atoms with E-state index in [9.17, 15) is 4.79 Å². The van der Waals surface area contributed by atoms with E-state index in [1.165, 1.54) is 12.8 Å². The van der Waals surface area contributed by atoms with Crippen LogP contribution in [0.25, 0.3) is 0 Å². The Morgan fingerprint density at radius 3 is 2.56 bits per heavy atom. The van der Waals surface area contributed by atoms with Crippen molar-refractivity contribution in [2.24, 2.45) is 0 Å². The van der Waals surface area contributed by atoms with Crippen molar-refractivity contribution in [3.8, 4) is 0 Å². The number of anilines is 1. The monoisotopic (exact) mass is 347 g/mol. The maximum Gasteiger partial charge on any atom is 0.255 e. The van der Waals surface area contributed by atoms with Crippen LogP contribution in [0, 0.1) is 0 Å². The van der Waals surface area contributed by atoms with Crippen molar-refractivity contribution in [2.75, 3.05) is 65.8 Å². The van der Waals surface area contributed by atoms with Crippen molar-refractivity contribution in [1.29, 1.82) is 0 Å². The summed E-state index contributed by atoms with van der Waals surface area (Å²) in [6.45, 7) is 6.82. The smallest absolute Gasteiger partial charge is 0.255 e. The second-order valence-corrected chi connectivity index (χ2v) is 7.28. The molecule has 1 amide bonds. The maximum absolute atomic E-state index is 13.1. The number of likely N-dealkylation sites (tertiary alicyclic amines) is 1. The molecular weight excluding hydrogens is 314 g/mol. The quantitative estimate of drug-likeness (QED) is 0.715. The van der Waals surface area contributed by atoms with Gasteiger partial charge >= 0.3 is 0 Å². The van der Waals surface area contributed by atoms with Crippen LogP contribution in [-0.2, 0) is 0 Å². The average molecular weight is 348 g/mol. The molecule has 1 aromatic heterocycles. The molecule has 1 aliphatic heterocycles. The van der Waals surface area contributed by atoms with Crippen LogP contribution < -0.4 is 4.90 Å². The topological polar surface area (TPSA) is 42.9 Å². The van der Waals surface area contributed by atoms with Gasteiger partial charge in [-0.1, -0.05) is 6.92 Å². The maximum atomic E-state index is 13.1. The number of carbonyl (C=O) groups excluding carboxylic acids is 1. The standard InChI is InChI=1S/C19H33N5O/c1-6-23-11-7-8-17(23)15-24(13-12-21(2)3)19(25)16-9-10-18(20-14-16)22(4)5/h9-10,14,17H,6-8,11-13,15H2,1-5H3. The molecule has 0 aromatic carbocycles. The van der Waals surface area contributed by atoms with E-state index in [2.05, 4.69) is 21.7 Å². The highest BCUT2D eigenvalue weighted by Gasteiger charge is 2.27. The third-order valence-electron chi connectivity index (χ3n) is 4.89. The van der Waals surface area contributed by atoms with Crippen molar-refractivity contribution in [2.45, 2.75) is 25.8 Å². The number of likely N-dealkylation sites (N-methyl/N-ethyl adjacent to an activating group) is 2. The highest BCUT2D eigenvalue weighted by molar-refractivity contribution is 5.94.